The van der Waals surface area contributed by atoms with Crippen molar-refractivity contribution in [1.29, 1.82) is 0 Å². The summed E-state index contributed by atoms with van der Waals surface area (Å²) in [6.07, 6.45) is -3.26. The summed E-state index contributed by atoms with van der Waals surface area (Å²) in [4.78, 5) is 0. The molecule has 0 unspecified atom stereocenters. The van der Waals surface area contributed by atoms with E-state index in [-0.39, 0.29) is 12.1 Å². The van der Waals surface area contributed by atoms with Crippen molar-refractivity contribution in [1.82, 2.24) is 15.1 Å². The molecule has 0 radical (unpaired) electrons. The predicted octanol–water partition coefficient (Wildman–Crippen LogP) is 2.62. The smallest absolute Gasteiger partial charge is 0.433 e. The van der Waals surface area contributed by atoms with E-state index in [1.54, 1.807) is 25.2 Å². The fraction of sp³-hybridized carbons (Fsp3) is 0.308. The van der Waals surface area contributed by atoms with E-state index in [1.165, 1.54) is 19.4 Å². The molecule has 0 saturated heterocycles. The van der Waals surface area contributed by atoms with Crippen LogP contribution in [0.15, 0.2) is 30.5 Å². The molecule has 1 heterocycles. The number of halogens is 3. The summed E-state index contributed by atoms with van der Waals surface area (Å²) in [5, 5.41) is 6.55. The van der Waals surface area contributed by atoms with Crippen LogP contribution >= 0.6 is 0 Å². The van der Waals surface area contributed by atoms with Crippen molar-refractivity contribution in [2.75, 3.05) is 14.2 Å². The van der Waals surface area contributed by atoms with Crippen molar-refractivity contribution < 1.29 is 17.9 Å². The Balaban J connectivity index is 2.56. The van der Waals surface area contributed by atoms with Crippen molar-refractivity contribution >= 4 is 0 Å². The maximum atomic E-state index is 13.2. The van der Waals surface area contributed by atoms with E-state index in [1.807, 2.05) is 0 Å². The lowest BCUT2D eigenvalue weighted by atomic mass is 10.2. The molecule has 1 aromatic carbocycles. The Labute approximate surface area is 114 Å². The first-order valence-electron chi connectivity index (χ1n) is 5.90. The summed E-state index contributed by atoms with van der Waals surface area (Å²) >= 11 is 0. The lowest BCUT2D eigenvalue weighted by Crippen LogP contribution is -2.17. The van der Waals surface area contributed by atoms with Gasteiger partial charge in [0.05, 0.1) is 19.0 Å². The van der Waals surface area contributed by atoms with Gasteiger partial charge in [0.1, 0.15) is 5.75 Å². The summed E-state index contributed by atoms with van der Waals surface area (Å²) in [6, 6.07) is 6.34. The normalized spacial score (nSPS) is 11.7. The van der Waals surface area contributed by atoms with Gasteiger partial charge in [-0.25, -0.2) is 4.68 Å². The lowest BCUT2D eigenvalue weighted by molar-refractivity contribution is -0.143. The van der Waals surface area contributed by atoms with Gasteiger partial charge in [-0.3, -0.25) is 0 Å². The number of methoxy groups -OCH3 is 1. The van der Waals surface area contributed by atoms with Crippen LogP contribution in [0, 0.1) is 0 Å². The molecule has 1 aromatic heterocycles. The molecule has 0 spiro atoms. The van der Waals surface area contributed by atoms with E-state index < -0.39 is 11.9 Å². The van der Waals surface area contributed by atoms with E-state index in [0.717, 1.165) is 4.68 Å². The molecule has 0 fully saturated rings. The standard InChI is InChI=1S/C13H14F3N3O/c1-17-7-9-8-18-19(12(9)13(14,15)16)10-4-3-5-11(6-10)20-2/h3-6,8,17H,7H2,1-2H3. The Morgan fingerprint density at radius 3 is 2.70 bits per heavy atom. The van der Waals surface area contributed by atoms with Gasteiger partial charge in [0.15, 0.2) is 5.69 Å². The summed E-state index contributed by atoms with van der Waals surface area (Å²) in [5.41, 5.74) is -0.373. The van der Waals surface area contributed by atoms with Gasteiger partial charge in [-0.15, -0.1) is 0 Å². The topological polar surface area (TPSA) is 39.1 Å². The monoisotopic (exact) mass is 285 g/mol. The molecular formula is C13H14F3N3O. The van der Waals surface area contributed by atoms with Crippen molar-refractivity contribution in [2.24, 2.45) is 0 Å². The number of benzene rings is 1. The maximum Gasteiger partial charge on any atom is 0.433 e. The molecule has 20 heavy (non-hydrogen) atoms. The first-order chi connectivity index (χ1) is 9.47. The number of hydrogen-bond donors (Lipinski definition) is 1. The van der Waals surface area contributed by atoms with Gasteiger partial charge >= 0.3 is 6.18 Å². The molecule has 0 aliphatic carbocycles. The highest BCUT2D eigenvalue weighted by atomic mass is 19.4. The third-order valence-corrected chi connectivity index (χ3v) is 2.78. The van der Waals surface area contributed by atoms with Crippen LogP contribution in [0.1, 0.15) is 11.3 Å². The second-order valence-corrected chi connectivity index (χ2v) is 4.16. The third kappa shape index (κ3) is 2.77. The summed E-state index contributed by atoms with van der Waals surface area (Å²) < 4.78 is 45.5. The number of nitrogens with one attached hydrogen (secondary N) is 1. The summed E-state index contributed by atoms with van der Waals surface area (Å²) in [5.74, 6) is 0.473. The molecular weight excluding hydrogens is 271 g/mol. The number of nitrogens with zero attached hydrogens (tertiary/aromatic N) is 2. The molecule has 108 valence electrons. The highest BCUT2D eigenvalue weighted by molar-refractivity contribution is 5.41. The van der Waals surface area contributed by atoms with Crippen LogP contribution in [-0.2, 0) is 12.7 Å². The molecule has 0 bridgehead atoms. The van der Waals surface area contributed by atoms with Gasteiger partial charge < -0.3 is 10.1 Å². The van der Waals surface area contributed by atoms with Crippen LogP contribution in [0.4, 0.5) is 13.2 Å². The Kier molecular flexibility index (Phi) is 3.99. The minimum Gasteiger partial charge on any atom is -0.497 e. The van der Waals surface area contributed by atoms with Crippen molar-refractivity contribution in [3.05, 3.63) is 41.7 Å². The van der Waals surface area contributed by atoms with Crippen molar-refractivity contribution in [2.45, 2.75) is 12.7 Å². The molecule has 0 atom stereocenters. The molecule has 7 heteroatoms. The highest BCUT2D eigenvalue weighted by Crippen LogP contribution is 2.34. The first kappa shape index (κ1) is 14.4. The Morgan fingerprint density at radius 2 is 2.10 bits per heavy atom. The molecule has 0 aliphatic rings. The van der Waals surface area contributed by atoms with E-state index in [2.05, 4.69) is 10.4 Å². The van der Waals surface area contributed by atoms with Gasteiger partial charge in [0, 0.05) is 18.2 Å². The number of alkyl halides is 3. The SMILES string of the molecule is CNCc1cnn(-c2cccc(OC)c2)c1C(F)(F)F. The van der Waals surface area contributed by atoms with Crippen LogP contribution in [0.25, 0.3) is 5.69 Å². The van der Waals surface area contributed by atoms with E-state index in [9.17, 15) is 13.2 Å². The van der Waals surface area contributed by atoms with E-state index in [4.69, 9.17) is 4.74 Å². The number of ether oxygens (including phenoxy) is 1. The minimum atomic E-state index is -4.48. The average molecular weight is 285 g/mol. The molecule has 2 aromatic rings. The van der Waals surface area contributed by atoms with E-state index in [0.29, 0.717) is 11.4 Å². The maximum absolute atomic E-state index is 13.2. The molecule has 0 amide bonds. The van der Waals surface area contributed by atoms with Crippen LogP contribution in [-0.4, -0.2) is 23.9 Å². The number of rotatable bonds is 4. The highest BCUT2D eigenvalue weighted by Gasteiger charge is 2.38. The zero-order chi connectivity index (χ0) is 14.8. The van der Waals surface area contributed by atoms with Crippen molar-refractivity contribution in [3.8, 4) is 11.4 Å². The molecule has 2 rings (SSSR count). The predicted molar refractivity (Wildman–Crippen MR) is 67.9 cm³/mol. The quantitative estimate of drug-likeness (QED) is 0.938. The number of hydrogen-bond acceptors (Lipinski definition) is 3. The first-order valence-corrected chi connectivity index (χ1v) is 5.90. The molecule has 4 nitrogen and oxygen atoms in total. The lowest BCUT2D eigenvalue weighted by Gasteiger charge is -2.13. The summed E-state index contributed by atoms with van der Waals surface area (Å²) in [7, 11) is 3.04. The molecule has 0 aliphatic heterocycles. The van der Waals surface area contributed by atoms with Gasteiger partial charge in [-0.1, -0.05) is 6.07 Å². The second kappa shape index (κ2) is 5.54. The Morgan fingerprint density at radius 1 is 1.35 bits per heavy atom. The second-order valence-electron chi connectivity index (χ2n) is 4.16. The van der Waals surface area contributed by atoms with E-state index >= 15 is 0 Å². The van der Waals surface area contributed by atoms with Gasteiger partial charge in [-0.2, -0.15) is 18.3 Å². The van der Waals surface area contributed by atoms with Gasteiger partial charge in [0.25, 0.3) is 0 Å². The zero-order valence-electron chi connectivity index (χ0n) is 11.0. The third-order valence-electron chi connectivity index (χ3n) is 2.78. The Hall–Kier alpha value is -2.02. The Bertz CT molecular complexity index is 593. The largest absolute Gasteiger partial charge is 0.497 e. The minimum absolute atomic E-state index is 0.0960. The van der Waals surface area contributed by atoms with Crippen LogP contribution in [0.2, 0.25) is 0 Å². The van der Waals surface area contributed by atoms with Gasteiger partial charge in [-0.05, 0) is 19.2 Å². The summed E-state index contributed by atoms with van der Waals surface area (Å²) in [6.45, 7) is 0.0960. The van der Waals surface area contributed by atoms with Crippen molar-refractivity contribution in [3.63, 3.8) is 0 Å². The molecule has 1 N–H and O–H groups in total. The van der Waals surface area contributed by atoms with Gasteiger partial charge in [0.2, 0.25) is 0 Å². The molecule has 0 saturated carbocycles. The zero-order valence-corrected chi connectivity index (χ0v) is 11.0. The van der Waals surface area contributed by atoms with Crippen LogP contribution in [0.3, 0.4) is 0 Å². The fourth-order valence-corrected chi connectivity index (χ4v) is 1.94. The number of aromatic nitrogens is 2. The average Bonchev–Trinajstić information content (AvgIpc) is 2.83. The van der Waals surface area contributed by atoms with Crippen LogP contribution in [0.5, 0.6) is 5.75 Å². The fourth-order valence-electron chi connectivity index (χ4n) is 1.94. The van der Waals surface area contributed by atoms with Crippen LogP contribution < -0.4 is 10.1 Å².